The molecule has 0 spiro atoms. The minimum Gasteiger partial charge on any atom is -0.298 e. The molecule has 0 saturated heterocycles. The summed E-state index contributed by atoms with van der Waals surface area (Å²) in [7, 11) is 0. The maximum atomic E-state index is 11.7. The quantitative estimate of drug-likeness (QED) is 0.850. The van der Waals surface area contributed by atoms with Crippen LogP contribution in [0, 0.1) is 11.3 Å². The smallest absolute Gasteiger partial charge is 0.257 e. The molecule has 0 unspecified atom stereocenters. The number of carbonyl (C=O) groups excluding carboxylic acids is 1. The van der Waals surface area contributed by atoms with E-state index in [1.807, 2.05) is 6.07 Å². The van der Waals surface area contributed by atoms with Gasteiger partial charge in [-0.15, -0.1) is 11.3 Å². The van der Waals surface area contributed by atoms with Crippen LogP contribution in [0.3, 0.4) is 0 Å². The number of hydrogen-bond acceptors (Lipinski definition) is 5. The first-order valence-electron chi connectivity index (χ1n) is 4.36. The molecule has 0 aromatic carbocycles. The Morgan fingerprint density at radius 2 is 2.31 bits per heavy atom. The highest BCUT2D eigenvalue weighted by molar-refractivity contribution is 7.13. The molecule has 78 valence electrons. The Morgan fingerprint density at radius 1 is 1.44 bits per heavy atom. The van der Waals surface area contributed by atoms with Crippen LogP contribution < -0.4 is 5.32 Å². The van der Waals surface area contributed by atoms with E-state index >= 15 is 0 Å². The lowest BCUT2D eigenvalue weighted by Gasteiger charge is -2.00. The Hall–Kier alpha value is -2.26. The van der Waals surface area contributed by atoms with Crippen molar-refractivity contribution in [3.63, 3.8) is 0 Å². The highest BCUT2D eigenvalue weighted by Crippen LogP contribution is 2.12. The molecule has 0 bridgehead atoms. The number of thiazole rings is 1. The second kappa shape index (κ2) is 4.51. The van der Waals surface area contributed by atoms with Gasteiger partial charge in [0.1, 0.15) is 11.8 Å². The number of amides is 1. The summed E-state index contributed by atoms with van der Waals surface area (Å²) in [5.74, 6) is -0.297. The first kappa shape index (κ1) is 10.3. The predicted molar refractivity (Wildman–Crippen MR) is 59.0 cm³/mol. The van der Waals surface area contributed by atoms with Crippen LogP contribution in [0.2, 0.25) is 0 Å². The molecule has 2 aromatic heterocycles. The Morgan fingerprint density at radius 3 is 3.00 bits per heavy atom. The predicted octanol–water partition coefficient (Wildman–Crippen LogP) is 1.66. The molecule has 5 nitrogen and oxygen atoms in total. The fourth-order valence-corrected chi connectivity index (χ4v) is 1.61. The van der Waals surface area contributed by atoms with E-state index in [4.69, 9.17) is 5.26 Å². The molecule has 0 aliphatic heterocycles. The normalized spacial score (nSPS) is 9.44. The third kappa shape index (κ3) is 2.21. The van der Waals surface area contributed by atoms with Crippen molar-refractivity contribution in [3.8, 4) is 6.07 Å². The number of nitrogens with one attached hydrogen (secondary N) is 1. The van der Waals surface area contributed by atoms with Gasteiger partial charge in [0.05, 0.1) is 0 Å². The number of nitrogens with zero attached hydrogens (tertiary/aromatic N) is 3. The highest BCUT2D eigenvalue weighted by atomic mass is 32.1. The van der Waals surface area contributed by atoms with E-state index in [1.54, 1.807) is 17.6 Å². The largest absolute Gasteiger partial charge is 0.298 e. The summed E-state index contributed by atoms with van der Waals surface area (Å²) in [5, 5.41) is 13.6. The molecule has 1 N–H and O–H groups in total. The van der Waals surface area contributed by atoms with Crippen molar-refractivity contribution in [1.29, 1.82) is 5.26 Å². The number of rotatable bonds is 2. The van der Waals surface area contributed by atoms with E-state index in [0.29, 0.717) is 10.7 Å². The number of pyridine rings is 1. The van der Waals surface area contributed by atoms with Crippen molar-refractivity contribution in [2.45, 2.75) is 0 Å². The molecule has 0 fully saturated rings. The average Bonchev–Trinajstić information content (AvgIpc) is 2.82. The van der Waals surface area contributed by atoms with E-state index in [-0.39, 0.29) is 11.6 Å². The standard InChI is InChI=1S/C10H6N4OS/c11-6-8-5-7(1-2-12-8)9(15)14-10-13-3-4-16-10/h1-5H,(H,13,14,15). The number of carbonyl (C=O) groups is 1. The Balaban J connectivity index is 2.18. The molecular formula is C10H6N4OS. The number of hydrogen-bond donors (Lipinski definition) is 1. The minimum atomic E-state index is -0.297. The van der Waals surface area contributed by atoms with Gasteiger partial charge in [-0.2, -0.15) is 5.26 Å². The van der Waals surface area contributed by atoms with Crippen molar-refractivity contribution in [3.05, 3.63) is 41.2 Å². The summed E-state index contributed by atoms with van der Waals surface area (Å²) >= 11 is 1.33. The number of nitriles is 1. The van der Waals surface area contributed by atoms with E-state index < -0.39 is 0 Å². The summed E-state index contributed by atoms with van der Waals surface area (Å²) < 4.78 is 0. The van der Waals surface area contributed by atoms with Crippen molar-refractivity contribution in [2.75, 3.05) is 5.32 Å². The van der Waals surface area contributed by atoms with Crippen LogP contribution in [-0.4, -0.2) is 15.9 Å². The van der Waals surface area contributed by atoms with E-state index in [0.717, 1.165) is 0 Å². The van der Waals surface area contributed by atoms with Gasteiger partial charge in [-0.05, 0) is 12.1 Å². The highest BCUT2D eigenvalue weighted by Gasteiger charge is 2.08. The molecular weight excluding hydrogens is 224 g/mol. The Bertz CT molecular complexity index is 544. The monoisotopic (exact) mass is 230 g/mol. The van der Waals surface area contributed by atoms with Gasteiger partial charge >= 0.3 is 0 Å². The second-order valence-corrected chi connectivity index (χ2v) is 3.73. The lowest BCUT2D eigenvalue weighted by Crippen LogP contribution is -2.11. The Labute approximate surface area is 95.4 Å². The number of anilines is 1. The molecule has 2 rings (SSSR count). The van der Waals surface area contributed by atoms with Crippen molar-refractivity contribution in [2.24, 2.45) is 0 Å². The summed E-state index contributed by atoms with van der Waals surface area (Å²) in [6, 6.07) is 4.86. The molecule has 1 amide bonds. The zero-order chi connectivity index (χ0) is 11.4. The zero-order valence-corrected chi connectivity index (χ0v) is 8.86. The molecule has 0 aliphatic rings. The molecule has 0 atom stereocenters. The van der Waals surface area contributed by atoms with Gasteiger partial charge in [0.2, 0.25) is 0 Å². The lowest BCUT2D eigenvalue weighted by molar-refractivity contribution is 0.102. The molecule has 2 heterocycles. The van der Waals surface area contributed by atoms with E-state index in [2.05, 4.69) is 15.3 Å². The van der Waals surface area contributed by atoms with Crippen LogP contribution in [-0.2, 0) is 0 Å². The first-order valence-corrected chi connectivity index (χ1v) is 5.24. The van der Waals surface area contributed by atoms with Gasteiger partial charge in [-0.1, -0.05) is 0 Å². The maximum absolute atomic E-state index is 11.7. The summed E-state index contributed by atoms with van der Waals surface area (Å²) in [5.41, 5.74) is 0.605. The van der Waals surface area contributed by atoms with Crippen LogP contribution in [0.5, 0.6) is 0 Å². The van der Waals surface area contributed by atoms with Gasteiger partial charge in [-0.3, -0.25) is 10.1 Å². The fourth-order valence-electron chi connectivity index (χ4n) is 1.09. The summed E-state index contributed by atoms with van der Waals surface area (Å²) in [6.07, 6.45) is 3.03. The molecule has 0 radical (unpaired) electrons. The van der Waals surface area contributed by atoms with E-state index in [9.17, 15) is 4.79 Å². The van der Waals surface area contributed by atoms with Crippen LogP contribution in [0.4, 0.5) is 5.13 Å². The van der Waals surface area contributed by atoms with Gasteiger partial charge in [-0.25, -0.2) is 9.97 Å². The summed E-state index contributed by atoms with van der Waals surface area (Å²) in [4.78, 5) is 19.4. The van der Waals surface area contributed by atoms with Crippen LogP contribution in [0.15, 0.2) is 29.9 Å². The van der Waals surface area contributed by atoms with Crippen molar-refractivity contribution in [1.82, 2.24) is 9.97 Å². The zero-order valence-electron chi connectivity index (χ0n) is 8.04. The topological polar surface area (TPSA) is 78.7 Å². The molecule has 0 saturated carbocycles. The first-order chi connectivity index (χ1) is 7.79. The van der Waals surface area contributed by atoms with Crippen LogP contribution in [0.1, 0.15) is 16.1 Å². The third-order valence-corrected chi connectivity index (χ3v) is 2.48. The molecule has 16 heavy (non-hydrogen) atoms. The minimum absolute atomic E-state index is 0.215. The molecule has 6 heteroatoms. The van der Waals surface area contributed by atoms with Gasteiger partial charge in [0.15, 0.2) is 5.13 Å². The van der Waals surface area contributed by atoms with Crippen LogP contribution in [0.25, 0.3) is 0 Å². The second-order valence-electron chi connectivity index (χ2n) is 2.83. The summed E-state index contributed by atoms with van der Waals surface area (Å²) in [6.45, 7) is 0. The molecule has 2 aromatic rings. The third-order valence-electron chi connectivity index (χ3n) is 1.79. The molecule has 0 aliphatic carbocycles. The van der Waals surface area contributed by atoms with E-state index in [1.165, 1.54) is 23.6 Å². The van der Waals surface area contributed by atoms with Crippen molar-refractivity contribution < 1.29 is 4.79 Å². The van der Waals surface area contributed by atoms with Crippen LogP contribution >= 0.6 is 11.3 Å². The lowest BCUT2D eigenvalue weighted by atomic mass is 10.2. The fraction of sp³-hybridized carbons (Fsp3) is 0. The van der Waals surface area contributed by atoms with Gasteiger partial charge < -0.3 is 0 Å². The maximum Gasteiger partial charge on any atom is 0.257 e. The SMILES string of the molecule is N#Cc1cc(C(=O)Nc2nccs2)ccn1. The van der Waals surface area contributed by atoms with Gasteiger partial charge in [0, 0.05) is 23.3 Å². The van der Waals surface area contributed by atoms with Crippen molar-refractivity contribution >= 4 is 22.4 Å². The number of aromatic nitrogens is 2. The van der Waals surface area contributed by atoms with Gasteiger partial charge in [0.25, 0.3) is 5.91 Å². The Kier molecular flexibility index (Phi) is 2.89. The average molecular weight is 230 g/mol.